The molecule has 0 spiro atoms. The molecule has 0 saturated heterocycles. The number of anilines is 1. The summed E-state index contributed by atoms with van der Waals surface area (Å²) in [4.78, 5) is 0. The van der Waals surface area contributed by atoms with Gasteiger partial charge in [-0.05, 0) is 36.4 Å². The van der Waals surface area contributed by atoms with E-state index >= 15 is 0 Å². The summed E-state index contributed by atoms with van der Waals surface area (Å²) in [5, 5.41) is 11.1. The van der Waals surface area contributed by atoms with Crippen molar-refractivity contribution in [2.24, 2.45) is 0 Å². The SMILES string of the molecule is Fc1ccc(NCc2nnc(-c3cccc(Br)c3)o2)cc1Cl. The van der Waals surface area contributed by atoms with Gasteiger partial charge >= 0.3 is 0 Å². The minimum Gasteiger partial charge on any atom is -0.419 e. The van der Waals surface area contributed by atoms with Gasteiger partial charge in [-0.25, -0.2) is 4.39 Å². The van der Waals surface area contributed by atoms with Crippen LogP contribution < -0.4 is 5.32 Å². The van der Waals surface area contributed by atoms with Crippen LogP contribution in [0.15, 0.2) is 51.4 Å². The van der Waals surface area contributed by atoms with Crippen molar-refractivity contribution in [1.29, 1.82) is 0 Å². The average molecular weight is 383 g/mol. The summed E-state index contributed by atoms with van der Waals surface area (Å²) >= 11 is 9.12. The molecule has 0 fully saturated rings. The molecule has 0 bridgehead atoms. The highest BCUT2D eigenvalue weighted by atomic mass is 79.9. The Labute approximate surface area is 139 Å². The van der Waals surface area contributed by atoms with Crippen molar-refractivity contribution in [3.63, 3.8) is 0 Å². The Kier molecular flexibility index (Phi) is 4.40. The second-order valence-electron chi connectivity index (χ2n) is 4.49. The number of hydrogen-bond acceptors (Lipinski definition) is 4. The van der Waals surface area contributed by atoms with Crippen LogP contribution in [-0.4, -0.2) is 10.2 Å². The van der Waals surface area contributed by atoms with Crippen LogP contribution >= 0.6 is 27.5 Å². The Bertz CT molecular complexity index is 809. The smallest absolute Gasteiger partial charge is 0.247 e. The fraction of sp³-hybridized carbons (Fsp3) is 0.0667. The lowest BCUT2D eigenvalue weighted by molar-refractivity contribution is 0.515. The topological polar surface area (TPSA) is 51.0 Å². The van der Waals surface area contributed by atoms with Gasteiger partial charge in [0.15, 0.2) is 0 Å². The van der Waals surface area contributed by atoms with E-state index in [0.717, 1.165) is 10.0 Å². The van der Waals surface area contributed by atoms with Gasteiger partial charge in [-0.1, -0.05) is 33.6 Å². The van der Waals surface area contributed by atoms with Gasteiger partial charge in [-0.15, -0.1) is 10.2 Å². The molecule has 3 rings (SSSR count). The van der Waals surface area contributed by atoms with Crippen molar-refractivity contribution in [3.05, 3.63) is 63.7 Å². The van der Waals surface area contributed by atoms with E-state index in [1.807, 2.05) is 24.3 Å². The third-order valence-electron chi connectivity index (χ3n) is 2.90. The molecule has 0 saturated carbocycles. The molecule has 22 heavy (non-hydrogen) atoms. The molecule has 0 aliphatic rings. The van der Waals surface area contributed by atoms with Gasteiger partial charge < -0.3 is 9.73 Å². The molecule has 0 radical (unpaired) electrons. The molecule has 1 aromatic heterocycles. The zero-order chi connectivity index (χ0) is 15.5. The molecule has 0 amide bonds. The van der Waals surface area contributed by atoms with Gasteiger partial charge in [0.05, 0.1) is 11.6 Å². The monoisotopic (exact) mass is 381 g/mol. The maximum Gasteiger partial charge on any atom is 0.247 e. The average Bonchev–Trinajstić information content (AvgIpc) is 2.97. The van der Waals surface area contributed by atoms with Crippen molar-refractivity contribution in [1.82, 2.24) is 10.2 Å². The molecule has 1 N–H and O–H groups in total. The van der Waals surface area contributed by atoms with E-state index in [-0.39, 0.29) is 5.02 Å². The molecule has 112 valence electrons. The van der Waals surface area contributed by atoms with Crippen LogP contribution in [0.25, 0.3) is 11.5 Å². The molecule has 2 aromatic carbocycles. The van der Waals surface area contributed by atoms with Crippen LogP contribution in [-0.2, 0) is 6.54 Å². The normalized spacial score (nSPS) is 10.7. The van der Waals surface area contributed by atoms with Crippen molar-refractivity contribution in [2.45, 2.75) is 6.54 Å². The first-order valence-corrected chi connectivity index (χ1v) is 7.56. The molecule has 7 heteroatoms. The van der Waals surface area contributed by atoms with Crippen LogP contribution in [0.5, 0.6) is 0 Å². The lowest BCUT2D eigenvalue weighted by Crippen LogP contribution is -1.99. The molecule has 1 heterocycles. The first kappa shape index (κ1) is 15.0. The molecule has 0 aliphatic carbocycles. The predicted molar refractivity (Wildman–Crippen MR) is 86.2 cm³/mol. The number of nitrogens with zero attached hydrogens (tertiary/aromatic N) is 2. The van der Waals surface area contributed by atoms with Crippen LogP contribution in [0.3, 0.4) is 0 Å². The Hall–Kier alpha value is -1.92. The lowest BCUT2D eigenvalue weighted by Gasteiger charge is -2.04. The van der Waals surface area contributed by atoms with E-state index in [2.05, 4.69) is 31.4 Å². The summed E-state index contributed by atoms with van der Waals surface area (Å²) in [5.41, 5.74) is 1.51. The summed E-state index contributed by atoms with van der Waals surface area (Å²) in [6.07, 6.45) is 0. The van der Waals surface area contributed by atoms with Gasteiger partial charge in [0.2, 0.25) is 11.8 Å². The summed E-state index contributed by atoms with van der Waals surface area (Å²) < 4.78 is 19.6. The minimum atomic E-state index is -0.457. The zero-order valence-electron chi connectivity index (χ0n) is 11.2. The molecule has 0 atom stereocenters. The van der Waals surface area contributed by atoms with Crippen LogP contribution in [0.2, 0.25) is 5.02 Å². The van der Waals surface area contributed by atoms with Crippen molar-refractivity contribution < 1.29 is 8.81 Å². The Balaban J connectivity index is 1.70. The van der Waals surface area contributed by atoms with E-state index < -0.39 is 5.82 Å². The van der Waals surface area contributed by atoms with Gasteiger partial charge in [-0.3, -0.25) is 0 Å². The van der Waals surface area contributed by atoms with Crippen LogP contribution in [0.1, 0.15) is 5.89 Å². The molecular formula is C15H10BrClFN3O. The number of rotatable bonds is 4. The maximum absolute atomic E-state index is 13.1. The van der Waals surface area contributed by atoms with Gasteiger partial charge in [0.1, 0.15) is 5.82 Å². The molecule has 3 aromatic rings. The quantitative estimate of drug-likeness (QED) is 0.697. The van der Waals surface area contributed by atoms with E-state index in [4.69, 9.17) is 16.0 Å². The summed E-state index contributed by atoms with van der Waals surface area (Å²) in [6, 6.07) is 12.0. The minimum absolute atomic E-state index is 0.0605. The largest absolute Gasteiger partial charge is 0.419 e. The highest BCUT2D eigenvalue weighted by molar-refractivity contribution is 9.10. The Morgan fingerprint density at radius 3 is 2.82 bits per heavy atom. The van der Waals surface area contributed by atoms with Crippen LogP contribution in [0.4, 0.5) is 10.1 Å². The van der Waals surface area contributed by atoms with Crippen LogP contribution in [0, 0.1) is 5.82 Å². The first-order valence-electron chi connectivity index (χ1n) is 6.39. The fourth-order valence-corrected chi connectivity index (χ4v) is 2.43. The number of benzene rings is 2. The third kappa shape index (κ3) is 3.45. The van der Waals surface area contributed by atoms with E-state index in [9.17, 15) is 4.39 Å². The second-order valence-corrected chi connectivity index (χ2v) is 5.82. The first-order chi connectivity index (χ1) is 10.6. The van der Waals surface area contributed by atoms with Gasteiger partial charge in [0.25, 0.3) is 0 Å². The molecule has 0 unspecified atom stereocenters. The van der Waals surface area contributed by atoms with Gasteiger partial charge in [-0.2, -0.15) is 0 Å². The van der Waals surface area contributed by atoms with Crippen molar-refractivity contribution in [2.75, 3.05) is 5.32 Å². The third-order valence-corrected chi connectivity index (χ3v) is 3.68. The summed E-state index contributed by atoms with van der Waals surface area (Å²) in [7, 11) is 0. The standard InChI is InChI=1S/C15H10BrClFN3O/c16-10-3-1-2-9(6-10)15-21-20-14(22-15)8-19-11-4-5-13(18)12(17)7-11/h1-7,19H,8H2. The second kappa shape index (κ2) is 6.46. The molecular weight excluding hydrogens is 373 g/mol. The lowest BCUT2D eigenvalue weighted by atomic mass is 10.2. The highest BCUT2D eigenvalue weighted by Gasteiger charge is 2.09. The van der Waals surface area contributed by atoms with E-state index in [0.29, 0.717) is 24.0 Å². The molecule has 4 nitrogen and oxygen atoms in total. The Morgan fingerprint density at radius 1 is 1.18 bits per heavy atom. The van der Waals surface area contributed by atoms with Gasteiger partial charge in [0, 0.05) is 15.7 Å². The zero-order valence-corrected chi connectivity index (χ0v) is 13.5. The fourth-order valence-electron chi connectivity index (χ4n) is 1.85. The number of halogens is 3. The van der Waals surface area contributed by atoms with E-state index in [1.165, 1.54) is 12.1 Å². The predicted octanol–water partition coefficient (Wildman–Crippen LogP) is 4.90. The molecule has 0 aliphatic heterocycles. The number of nitrogens with one attached hydrogen (secondary N) is 1. The van der Waals surface area contributed by atoms with Crippen molar-refractivity contribution in [3.8, 4) is 11.5 Å². The summed E-state index contributed by atoms with van der Waals surface area (Å²) in [5.74, 6) is 0.410. The Morgan fingerprint density at radius 2 is 2.05 bits per heavy atom. The summed E-state index contributed by atoms with van der Waals surface area (Å²) in [6.45, 7) is 0.322. The highest BCUT2D eigenvalue weighted by Crippen LogP contribution is 2.23. The van der Waals surface area contributed by atoms with E-state index in [1.54, 1.807) is 6.07 Å². The number of hydrogen-bond donors (Lipinski definition) is 1. The van der Waals surface area contributed by atoms with Crippen molar-refractivity contribution >= 4 is 33.2 Å². The number of aromatic nitrogens is 2. The maximum atomic E-state index is 13.1.